The lowest BCUT2D eigenvalue weighted by molar-refractivity contribution is 0.0937. The molecular weight excluding hydrogens is 332 g/mol. The second-order valence-electron chi connectivity index (χ2n) is 6.61. The van der Waals surface area contributed by atoms with Crippen molar-refractivity contribution in [1.29, 1.82) is 0 Å². The second-order valence-corrected chi connectivity index (χ2v) is 6.61. The first kappa shape index (κ1) is 18.2. The highest BCUT2D eigenvalue weighted by molar-refractivity contribution is 6.05. The van der Waals surface area contributed by atoms with E-state index in [2.05, 4.69) is 15.3 Å². The molecule has 26 heavy (non-hydrogen) atoms. The Morgan fingerprint density at radius 2 is 1.92 bits per heavy atom. The molecule has 0 bridgehead atoms. The van der Waals surface area contributed by atoms with E-state index in [1.807, 2.05) is 17.0 Å². The molecule has 2 aliphatic rings. The van der Waals surface area contributed by atoms with Crippen molar-refractivity contribution in [1.82, 2.24) is 5.32 Å². The van der Waals surface area contributed by atoms with Gasteiger partial charge in [0.1, 0.15) is 5.66 Å². The van der Waals surface area contributed by atoms with Gasteiger partial charge < -0.3 is 21.5 Å². The molecule has 8 nitrogen and oxygen atoms in total. The van der Waals surface area contributed by atoms with Gasteiger partial charge in [-0.1, -0.05) is 6.42 Å². The summed E-state index contributed by atoms with van der Waals surface area (Å²) in [6.45, 7) is 0.951. The Bertz CT molecular complexity index is 707. The van der Waals surface area contributed by atoms with E-state index in [4.69, 9.17) is 16.2 Å². The van der Waals surface area contributed by atoms with Crippen LogP contribution in [0.1, 0.15) is 42.5 Å². The van der Waals surface area contributed by atoms with E-state index in [0.29, 0.717) is 24.7 Å². The molecule has 1 aliphatic heterocycles. The van der Waals surface area contributed by atoms with Gasteiger partial charge in [-0.25, -0.2) is 4.99 Å². The smallest absolute Gasteiger partial charge is 0.251 e. The molecule has 1 saturated carbocycles. The zero-order valence-corrected chi connectivity index (χ0v) is 15.1. The van der Waals surface area contributed by atoms with Crippen molar-refractivity contribution in [2.45, 2.75) is 37.8 Å². The molecule has 8 heteroatoms. The summed E-state index contributed by atoms with van der Waals surface area (Å²) in [5, 5.41) is 2.81. The van der Waals surface area contributed by atoms with E-state index in [0.717, 1.165) is 31.4 Å². The fourth-order valence-electron chi connectivity index (χ4n) is 3.63. The molecule has 1 heterocycles. The van der Waals surface area contributed by atoms with Crippen LogP contribution >= 0.6 is 0 Å². The number of benzene rings is 1. The predicted molar refractivity (Wildman–Crippen MR) is 102 cm³/mol. The quantitative estimate of drug-likeness (QED) is 0.683. The van der Waals surface area contributed by atoms with Crippen LogP contribution in [0.15, 0.2) is 34.3 Å². The summed E-state index contributed by atoms with van der Waals surface area (Å²) in [4.78, 5) is 22.9. The monoisotopic (exact) mass is 358 g/mol. The lowest BCUT2D eigenvalue weighted by Crippen LogP contribution is -2.58. The van der Waals surface area contributed by atoms with E-state index in [1.165, 1.54) is 6.42 Å². The maximum absolute atomic E-state index is 12.1. The Morgan fingerprint density at radius 3 is 2.58 bits per heavy atom. The highest BCUT2D eigenvalue weighted by atomic mass is 16.5. The van der Waals surface area contributed by atoms with Crippen LogP contribution in [0.2, 0.25) is 0 Å². The van der Waals surface area contributed by atoms with Crippen LogP contribution in [0, 0.1) is 0 Å². The minimum atomic E-state index is -0.476. The third kappa shape index (κ3) is 3.65. The number of rotatable bonds is 5. The summed E-state index contributed by atoms with van der Waals surface area (Å²) < 4.78 is 4.94. The van der Waals surface area contributed by atoms with Crippen molar-refractivity contribution in [3.8, 4) is 0 Å². The van der Waals surface area contributed by atoms with Crippen LogP contribution < -0.4 is 21.7 Å². The zero-order chi connectivity index (χ0) is 18.6. The van der Waals surface area contributed by atoms with Crippen molar-refractivity contribution in [3.05, 3.63) is 29.8 Å². The summed E-state index contributed by atoms with van der Waals surface area (Å²) in [7, 11) is 1.60. The van der Waals surface area contributed by atoms with E-state index in [-0.39, 0.29) is 11.9 Å². The molecule has 0 saturated heterocycles. The molecule has 1 aliphatic carbocycles. The Morgan fingerprint density at radius 1 is 1.23 bits per heavy atom. The van der Waals surface area contributed by atoms with Gasteiger partial charge in [-0.2, -0.15) is 4.99 Å². The number of hydrogen-bond donors (Lipinski definition) is 3. The number of guanidine groups is 2. The molecule has 1 aromatic carbocycles. The largest absolute Gasteiger partial charge is 0.383 e. The van der Waals surface area contributed by atoms with Gasteiger partial charge in [0.25, 0.3) is 5.91 Å². The number of ether oxygens (including phenoxy) is 1. The van der Waals surface area contributed by atoms with E-state index in [9.17, 15) is 4.79 Å². The van der Waals surface area contributed by atoms with Gasteiger partial charge in [0.15, 0.2) is 0 Å². The van der Waals surface area contributed by atoms with E-state index >= 15 is 0 Å². The molecule has 1 amide bonds. The van der Waals surface area contributed by atoms with Crippen LogP contribution in [-0.4, -0.2) is 43.8 Å². The molecule has 0 unspecified atom stereocenters. The minimum absolute atomic E-state index is 0.136. The third-order valence-corrected chi connectivity index (χ3v) is 4.83. The maximum atomic E-state index is 12.1. The Labute approximate surface area is 153 Å². The number of nitrogens with zero attached hydrogens (tertiary/aromatic N) is 3. The number of carbonyl (C=O) groups is 1. The number of nitrogens with one attached hydrogen (secondary N) is 1. The Kier molecular flexibility index (Phi) is 5.41. The van der Waals surface area contributed by atoms with E-state index in [1.54, 1.807) is 19.2 Å². The second kappa shape index (κ2) is 7.74. The van der Waals surface area contributed by atoms with Crippen LogP contribution in [0.25, 0.3) is 0 Å². The fourth-order valence-corrected chi connectivity index (χ4v) is 3.63. The average Bonchev–Trinajstić information content (AvgIpc) is 2.62. The molecule has 0 radical (unpaired) electrons. The van der Waals surface area contributed by atoms with Crippen molar-refractivity contribution < 1.29 is 9.53 Å². The standard InChI is InChI=1S/C18H26N6O2/c1-26-12-11-21-15(25)13-5-7-14(8-6-13)24-17(20)22-16(19)23-18(24)9-3-2-4-10-18/h5-8H,2-4,9-12H2,1H3,(H,21,25)(H4,19,20,22,23). The number of aliphatic imine (C=N–C) groups is 2. The Balaban J connectivity index is 1.82. The highest BCUT2D eigenvalue weighted by Gasteiger charge is 2.42. The number of hydrogen-bond acceptors (Lipinski definition) is 7. The molecule has 1 spiro atoms. The molecule has 0 aromatic heterocycles. The summed E-state index contributed by atoms with van der Waals surface area (Å²) in [6.07, 6.45) is 5.08. The number of carbonyl (C=O) groups excluding carboxylic acids is 1. The number of nitrogens with two attached hydrogens (primary N) is 2. The molecule has 0 atom stereocenters. The van der Waals surface area contributed by atoms with Crippen molar-refractivity contribution in [2.24, 2.45) is 21.5 Å². The van der Waals surface area contributed by atoms with E-state index < -0.39 is 5.66 Å². The van der Waals surface area contributed by atoms with Gasteiger partial charge in [-0.05, 0) is 49.9 Å². The molecular formula is C18H26N6O2. The normalized spacial score (nSPS) is 19.0. The van der Waals surface area contributed by atoms with Crippen molar-refractivity contribution in [3.63, 3.8) is 0 Å². The van der Waals surface area contributed by atoms with Gasteiger partial charge >= 0.3 is 0 Å². The third-order valence-electron chi connectivity index (χ3n) is 4.83. The summed E-state index contributed by atoms with van der Waals surface area (Å²) in [5.74, 6) is 0.440. The van der Waals surface area contributed by atoms with Crippen LogP contribution in [0.3, 0.4) is 0 Å². The molecule has 1 aromatic rings. The molecule has 140 valence electrons. The first-order valence-electron chi connectivity index (χ1n) is 8.93. The van der Waals surface area contributed by atoms with Crippen molar-refractivity contribution in [2.75, 3.05) is 25.2 Å². The summed E-state index contributed by atoms with van der Waals surface area (Å²) in [5.41, 5.74) is 13.1. The molecule has 3 rings (SSSR count). The number of amides is 1. The lowest BCUT2D eigenvalue weighted by Gasteiger charge is -2.45. The summed E-state index contributed by atoms with van der Waals surface area (Å²) in [6, 6.07) is 7.31. The van der Waals surface area contributed by atoms with Crippen molar-refractivity contribution >= 4 is 23.5 Å². The lowest BCUT2D eigenvalue weighted by atomic mass is 9.87. The maximum Gasteiger partial charge on any atom is 0.251 e. The Hall–Kier alpha value is -2.61. The first-order valence-corrected chi connectivity index (χ1v) is 8.93. The highest BCUT2D eigenvalue weighted by Crippen LogP contribution is 2.39. The molecule has 5 N–H and O–H groups in total. The first-order chi connectivity index (χ1) is 12.6. The predicted octanol–water partition coefficient (Wildman–Crippen LogP) is 1.17. The van der Waals surface area contributed by atoms with Gasteiger partial charge in [-0.15, -0.1) is 0 Å². The average molecular weight is 358 g/mol. The number of methoxy groups -OCH3 is 1. The van der Waals surface area contributed by atoms with Gasteiger partial charge in [0.2, 0.25) is 11.9 Å². The number of anilines is 1. The molecule has 1 fully saturated rings. The van der Waals surface area contributed by atoms with Gasteiger partial charge in [0, 0.05) is 24.9 Å². The van der Waals surface area contributed by atoms with Gasteiger partial charge in [0.05, 0.1) is 6.61 Å². The minimum Gasteiger partial charge on any atom is -0.383 e. The SMILES string of the molecule is COCCNC(=O)c1ccc(N2C(N)=NC(N)=NC23CCCCC3)cc1. The van der Waals surface area contributed by atoms with Crippen LogP contribution in [-0.2, 0) is 4.74 Å². The van der Waals surface area contributed by atoms with Crippen LogP contribution in [0.5, 0.6) is 0 Å². The summed E-state index contributed by atoms with van der Waals surface area (Å²) >= 11 is 0. The fraction of sp³-hybridized carbons (Fsp3) is 0.500. The topological polar surface area (TPSA) is 118 Å². The van der Waals surface area contributed by atoms with Gasteiger partial charge in [-0.3, -0.25) is 9.69 Å². The van der Waals surface area contributed by atoms with Crippen LogP contribution in [0.4, 0.5) is 5.69 Å². The zero-order valence-electron chi connectivity index (χ0n) is 15.1.